The van der Waals surface area contributed by atoms with Gasteiger partial charge in [0.2, 0.25) is 0 Å². The van der Waals surface area contributed by atoms with Gasteiger partial charge in [0.05, 0.1) is 35.5 Å². The summed E-state index contributed by atoms with van der Waals surface area (Å²) in [5.74, 6) is -0.447. The summed E-state index contributed by atoms with van der Waals surface area (Å²) in [6.45, 7) is 15.5. The van der Waals surface area contributed by atoms with E-state index in [0.717, 1.165) is 16.6 Å². The molecule has 0 N–H and O–H groups in total. The van der Waals surface area contributed by atoms with Gasteiger partial charge < -0.3 is 18.8 Å². The molecule has 7 nitrogen and oxygen atoms in total. The molecule has 1 aromatic rings. The highest BCUT2D eigenvalue weighted by atomic mass is 16.7. The van der Waals surface area contributed by atoms with Gasteiger partial charge in [-0.2, -0.15) is 0 Å². The fraction of sp³-hybridized carbons (Fsp3) is 0.600. The van der Waals surface area contributed by atoms with Gasteiger partial charge in [0, 0.05) is 0 Å². The SMILES string of the molecule is CCC12C=CC(c3c(B4OC(C)(C)C(C)(C)O4)cc(C(=O)OC)cc31)N2C(=O)OC(C)(C)C. The number of hydrogen-bond acceptors (Lipinski definition) is 6. The van der Waals surface area contributed by atoms with E-state index in [-0.39, 0.29) is 6.04 Å². The first-order valence-corrected chi connectivity index (χ1v) is 11.5. The lowest BCUT2D eigenvalue weighted by molar-refractivity contribution is 0.00571. The molecule has 1 saturated heterocycles. The second kappa shape index (κ2) is 7.34. The zero-order chi connectivity index (χ0) is 24.6. The number of carbonyl (C=O) groups is 2. The average molecular weight is 455 g/mol. The van der Waals surface area contributed by atoms with Crippen LogP contribution in [0.15, 0.2) is 24.3 Å². The summed E-state index contributed by atoms with van der Waals surface area (Å²) < 4.78 is 23.5. The maximum absolute atomic E-state index is 13.4. The second-order valence-electron chi connectivity index (χ2n) is 11.0. The van der Waals surface area contributed by atoms with Gasteiger partial charge in [-0.1, -0.05) is 19.1 Å². The van der Waals surface area contributed by atoms with Crippen LogP contribution in [0, 0.1) is 0 Å². The number of esters is 1. The van der Waals surface area contributed by atoms with Crippen LogP contribution in [0.1, 0.15) is 89.3 Å². The van der Waals surface area contributed by atoms with Crippen molar-refractivity contribution in [1.29, 1.82) is 0 Å². The third kappa shape index (κ3) is 3.49. The van der Waals surface area contributed by atoms with E-state index in [4.69, 9.17) is 18.8 Å². The number of ether oxygens (including phenoxy) is 2. The van der Waals surface area contributed by atoms with Crippen LogP contribution in [0.4, 0.5) is 4.79 Å². The highest BCUT2D eigenvalue weighted by molar-refractivity contribution is 6.63. The van der Waals surface area contributed by atoms with Crippen LogP contribution in [0.25, 0.3) is 0 Å². The largest absolute Gasteiger partial charge is 0.495 e. The number of benzene rings is 1. The Morgan fingerprint density at radius 3 is 2.24 bits per heavy atom. The van der Waals surface area contributed by atoms with Gasteiger partial charge in [-0.15, -0.1) is 0 Å². The highest BCUT2D eigenvalue weighted by Crippen LogP contribution is 2.55. The standard InChI is InChI=1S/C25H34BNO6/c1-10-25-12-11-18(27(25)21(29)31-22(2,3)4)19-16(25)13-15(20(28)30-9)14-17(19)26-32-23(5,6)24(7,8)33-26/h11-14,18H,10H2,1-9H3. The normalized spacial score (nSPS) is 26.5. The Kier molecular flexibility index (Phi) is 5.30. The molecule has 3 heterocycles. The second-order valence-corrected chi connectivity index (χ2v) is 11.0. The van der Waals surface area contributed by atoms with E-state index in [1.165, 1.54) is 7.11 Å². The van der Waals surface area contributed by atoms with E-state index < -0.39 is 41.5 Å². The van der Waals surface area contributed by atoms with Gasteiger partial charge >= 0.3 is 19.2 Å². The molecule has 1 fully saturated rings. The van der Waals surface area contributed by atoms with E-state index in [1.54, 1.807) is 11.0 Å². The molecule has 0 spiro atoms. The summed E-state index contributed by atoms with van der Waals surface area (Å²) in [5, 5.41) is 0. The monoisotopic (exact) mass is 455 g/mol. The molecule has 2 bridgehead atoms. The highest BCUT2D eigenvalue weighted by Gasteiger charge is 2.59. The van der Waals surface area contributed by atoms with Crippen LogP contribution < -0.4 is 5.46 Å². The van der Waals surface area contributed by atoms with Crippen molar-refractivity contribution in [2.45, 2.75) is 90.2 Å². The quantitative estimate of drug-likeness (QED) is 0.386. The Hall–Kier alpha value is -2.32. The lowest BCUT2D eigenvalue weighted by Gasteiger charge is -2.35. The Labute approximate surface area is 196 Å². The summed E-state index contributed by atoms with van der Waals surface area (Å²) in [6, 6.07) is 3.27. The summed E-state index contributed by atoms with van der Waals surface area (Å²) >= 11 is 0. The number of hydrogen-bond donors (Lipinski definition) is 0. The predicted octanol–water partition coefficient (Wildman–Crippen LogP) is 4.24. The van der Waals surface area contributed by atoms with Gasteiger partial charge in [0.25, 0.3) is 0 Å². The Morgan fingerprint density at radius 1 is 1.12 bits per heavy atom. The number of amides is 1. The van der Waals surface area contributed by atoms with E-state index >= 15 is 0 Å². The molecule has 3 aliphatic heterocycles. The maximum Gasteiger partial charge on any atom is 0.495 e. The van der Waals surface area contributed by atoms with Crippen LogP contribution in [0.3, 0.4) is 0 Å². The molecular weight excluding hydrogens is 421 g/mol. The fourth-order valence-electron chi connectivity index (χ4n) is 4.94. The summed E-state index contributed by atoms with van der Waals surface area (Å²) in [5.41, 5.74) is 0.506. The topological polar surface area (TPSA) is 74.3 Å². The lowest BCUT2D eigenvalue weighted by atomic mass is 9.70. The van der Waals surface area contributed by atoms with Crippen LogP contribution in [0.2, 0.25) is 0 Å². The summed E-state index contributed by atoms with van der Waals surface area (Å²) in [7, 11) is 0.675. The van der Waals surface area contributed by atoms with Gasteiger partial charge in [0.15, 0.2) is 0 Å². The maximum atomic E-state index is 13.4. The molecule has 0 aromatic heterocycles. The molecule has 3 aliphatic rings. The van der Waals surface area contributed by atoms with E-state index in [9.17, 15) is 9.59 Å². The minimum atomic E-state index is -0.718. The zero-order valence-corrected chi connectivity index (χ0v) is 21.1. The van der Waals surface area contributed by atoms with Crippen molar-refractivity contribution in [3.05, 3.63) is 41.0 Å². The molecule has 33 heavy (non-hydrogen) atoms. The van der Waals surface area contributed by atoms with Gasteiger partial charge in [0.1, 0.15) is 5.60 Å². The number of rotatable bonds is 3. The molecular formula is C25H34BNO6. The Balaban J connectivity index is 1.89. The molecule has 4 rings (SSSR count). The van der Waals surface area contributed by atoms with Crippen LogP contribution in [0.5, 0.6) is 0 Å². The van der Waals surface area contributed by atoms with Crippen molar-refractivity contribution in [2.24, 2.45) is 0 Å². The van der Waals surface area contributed by atoms with Gasteiger partial charge in [-0.05, 0) is 83.6 Å². The van der Waals surface area contributed by atoms with Crippen molar-refractivity contribution >= 4 is 24.6 Å². The fourth-order valence-corrected chi connectivity index (χ4v) is 4.94. The minimum absolute atomic E-state index is 0.337. The van der Waals surface area contributed by atoms with Gasteiger partial charge in [-0.3, -0.25) is 4.90 Å². The molecule has 8 heteroatoms. The molecule has 2 atom stereocenters. The molecule has 1 aromatic carbocycles. The molecule has 2 unspecified atom stereocenters. The minimum Gasteiger partial charge on any atom is -0.465 e. The lowest BCUT2D eigenvalue weighted by Crippen LogP contribution is -2.44. The number of methoxy groups -OCH3 is 1. The first-order chi connectivity index (χ1) is 15.2. The van der Waals surface area contributed by atoms with Crippen molar-refractivity contribution in [1.82, 2.24) is 4.90 Å². The third-order valence-electron chi connectivity index (χ3n) is 7.29. The van der Waals surface area contributed by atoms with Crippen molar-refractivity contribution in [3.63, 3.8) is 0 Å². The number of nitrogens with zero attached hydrogens (tertiary/aromatic N) is 1. The Morgan fingerprint density at radius 2 is 1.73 bits per heavy atom. The average Bonchev–Trinajstić information content (AvgIpc) is 3.29. The third-order valence-corrected chi connectivity index (χ3v) is 7.29. The van der Waals surface area contributed by atoms with Crippen LogP contribution in [-0.2, 0) is 24.3 Å². The molecule has 178 valence electrons. The van der Waals surface area contributed by atoms with E-state index in [2.05, 4.69) is 0 Å². The first-order valence-electron chi connectivity index (χ1n) is 11.5. The van der Waals surface area contributed by atoms with Crippen molar-refractivity contribution < 1.29 is 28.4 Å². The smallest absolute Gasteiger partial charge is 0.465 e. The van der Waals surface area contributed by atoms with Crippen LogP contribution >= 0.6 is 0 Å². The summed E-state index contributed by atoms with van der Waals surface area (Å²) in [6.07, 6.45) is 4.30. The molecule has 0 radical (unpaired) electrons. The van der Waals surface area contributed by atoms with E-state index in [0.29, 0.717) is 12.0 Å². The Bertz CT molecular complexity index is 1020. The predicted molar refractivity (Wildman–Crippen MR) is 125 cm³/mol. The van der Waals surface area contributed by atoms with Crippen molar-refractivity contribution in [2.75, 3.05) is 7.11 Å². The van der Waals surface area contributed by atoms with Gasteiger partial charge in [-0.25, -0.2) is 9.59 Å². The van der Waals surface area contributed by atoms with Crippen molar-refractivity contribution in [3.8, 4) is 0 Å². The van der Waals surface area contributed by atoms with E-state index in [1.807, 2.05) is 73.6 Å². The van der Waals surface area contributed by atoms with Crippen LogP contribution in [-0.4, -0.2) is 48.0 Å². The first kappa shape index (κ1) is 23.8. The number of carbonyl (C=O) groups excluding carboxylic acids is 2. The molecule has 1 amide bonds. The summed E-state index contributed by atoms with van der Waals surface area (Å²) in [4.78, 5) is 27.8. The zero-order valence-electron chi connectivity index (χ0n) is 21.1. The number of fused-ring (bicyclic) bond motifs is 5. The molecule has 0 saturated carbocycles. The molecule has 0 aliphatic carbocycles.